The molecule has 4 aromatic rings. The molecule has 2 heterocycles. The minimum atomic E-state index is -0.0151. The highest BCUT2D eigenvalue weighted by molar-refractivity contribution is 5.82. The van der Waals surface area contributed by atoms with E-state index in [0.717, 1.165) is 33.7 Å². The Hall–Kier alpha value is -4.21. The number of ether oxygens (including phenoxy) is 2. The van der Waals surface area contributed by atoms with Gasteiger partial charge in [-0.05, 0) is 32.0 Å². The Balaban J connectivity index is 1.78. The standard InChI is InChI=1S/C25H29N7O3/c1-17(2)32(29-33)9-8-31(20-10-21(34-4)13-22(11-20)35-5)19-6-7-23-24(12-19)28-25(15-26-23)18-14-27-30(3)16-18/h6-7,10-17H,8-9H2,1-5H3. The molecule has 0 fully saturated rings. The molecule has 10 nitrogen and oxygen atoms in total. The van der Waals surface area contributed by atoms with Crippen LogP contribution in [0.25, 0.3) is 22.3 Å². The van der Waals surface area contributed by atoms with Crippen molar-refractivity contribution in [1.82, 2.24) is 24.8 Å². The van der Waals surface area contributed by atoms with Gasteiger partial charge in [-0.25, -0.2) is 4.98 Å². The number of fused-ring (bicyclic) bond motifs is 1. The fraction of sp³-hybridized carbons (Fsp3) is 0.320. The number of hydrogen-bond acceptors (Lipinski definition) is 8. The molecule has 0 saturated heterocycles. The zero-order valence-electron chi connectivity index (χ0n) is 20.5. The van der Waals surface area contributed by atoms with Gasteiger partial charge in [-0.15, -0.1) is 4.91 Å². The number of aromatic nitrogens is 4. The molecule has 4 rings (SSSR count). The third-order valence-electron chi connectivity index (χ3n) is 5.74. The lowest BCUT2D eigenvalue weighted by atomic mass is 10.2. The molecule has 0 atom stereocenters. The fourth-order valence-corrected chi connectivity index (χ4v) is 3.81. The lowest BCUT2D eigenvalue weighted by molar-refractivity contribution is 0.235. The first-order valence-electron chi connectivity index (χ1n) is 11.3. The highest BCUT2D eigenvalue weighted by Gasteiger charge is 2.17. The average molecular weight is 476 g/mol. The van der Waals surface area contributed by atoms with Crippen molar-refractivity contribution < 1.29 is 9.47 Å². The van der Waals surface area contributed by atoms with Gasteiger partial charge in [-0.2, -0.15) is 5.10 Å². The van der Waals surface area contributed by atoms with Crippen LogP contribution in [0.3, 0.4) is 0 Å². The van der Waals surface area contributed by atoms with E-state index in [1.165, 1.54) is 5.01 Å². The quantitative estimate of drug-likeness (QED) is 0.243. The van der Waals surface area contributed by atoms with Crippen LogP contribution in [0.15, 0.2) is 60.3 Å². The number of benzene rings is 2. The monoisotopic (exact) mass is 475 g/mol. The van der Waals surface area contributed by atoms with Crippen LogP contribution >= 0.6 is 0 Å². The molecule has 0 saturated carbocycles. The van der Waals surface area contributed by atoms with Crippen LogP contribution in [-0.4, -0.2) is 58.1 Å². The normalized spacial score (nSPS) is 11.0. The minimum Gasteiger partial charge on any atom is -0.497 e. The zero-order valence-corrected chi connectivity index (χ0v) is 20.5. The Labute approximate surface area is 204 Å². The lowest BCUT2D eigenvalue weighted by Crippen LogP contribution is -2.33. The first-order chi connectivity index (χ1) is 16.9. The third kappa shape index (κ3) is 5.32. The maximum atomic E-state index is 11.4. The predicted octanol–water partition coefficient (Wildman–Crippen LogP) is 4.58. The van der Waals surface area contributed by atoms with Crippen LogP contribution in [-0.2, 0) is 7.05 Å². The maximum absolute atomic E-state index is 11.4. The van der Waals surface area contributed by atoms with E-state index in [9.17, 15) is 4.91 Å². The number of hydrogen-bond donors (Lipinski definition) is 0. The topological polar surface area (TPSA) is 98.0 Å². The third-order valence-corrected chi connectivity index (χ3v) is 5.74. The van der Waals surface area contributed by atoms with E-state index >= 15 is 0 Å². The highest BCUT2D eigenvalue weighted by atomic mass is 16.5. The summed E-state index contributed by atoms with van der Waals surface area (Å²) in [6.45, 7) is 4.80. The van der Waals surface area contributed by atoms with E-state index in [0.29, 0.717) is 24.6 Å². The van der Waals surface area contributed by atoms with Crippen LogP contribution in [0, 0.1) is 4.91 Å². The lowest BCUT2D eigenvalue weighted by Gasteiger charge is -2.29. The largest absolute Gasteiger partial charge is 0.497 e. The summed E-state index contributed by atoms with van der Waals surface area (Å²) < 4.78 is 12.7. The Bertz CT molecular complexity index is 1300. The van der Waals surface area contributed by atoms with Gasteiger partial charge in [-0.3, -0.25) is 14.7 Å². The minimum absolute atomic E-state index is 0.0151. The number of methoxy groups -OCH3 is 2. The first-order valence-corrected chi connectivity index (χ1v) is 11.3. The summed E-state index contributed by atoms with van der Waals surface area (Å²) in [6, 6.07) is 11.6. The summed E-state index contributed by atoms with van der Waals surface area (Å²) in [7, 11) is 5.10. The number of rotatable bonds is 10. The molecule has 0 N–H and O–H groups in total. The predicted molar refractivity (Wildman–Crippen MR) is 136 cm³/mol. The molecule has 2 aromatic carbocycles. The van der Waals surface area contributed by atoms with E-state index in [1.54, 1.807) is 31.3 Å². The Morgan fingerprint density at radius 1 is 0.971 bits per heavy atom. The van der Waals surface area contributed by atoms with Gasteiger partial charge < -0.3 is 14.4 Å². The Morgan fingerprint density at radius 2 is 1.71 bits per heavy atom. The van der Waals surface area contributed by atoms with Crippen molar-refractivity contribution >= 4 is 22.4 Å². The molecule has 0 aliphatic carbocycles. The molecule has 0 spiro atoms. The van der Waals surface area contributed by atoms with Crippen molar-refractivity contribution in [1.29, 1.82) is 0 Å². The molecular formula is C25H29N7O3. The molecule has 2 aromatic heterocycles. The average Bonchev–Trinajstić information content (AvgIpc) is 3.31. The van der Waals surface area contributed by atoms with Crippen molar-refractivity contribution in [2.45, 2.75) is 19.9 Å². The SMILES string of the molecule is COc1cc(OC)cc(N(CCN(N=O)C(C)C)c2ccc3ncc(-c4cnn(C)c4)nc3c2)c1. The van der Waals surface area contributed by atoms with E-state index in [2.05, 4.69) is 20.3 Å². The number of anilines is 2. The molecule has 35 heavy (non-hydrogen) atoms. The van der Waals surface area contributed by atoms with Gasteiger partial charge >= 0.3 is 0 Å². The van der Waals surface area contributed by atoms with Crippen LogP contribution in [0.4, 0.5) is 11.4 Å². The van der Waals surface area contributed by atoms with Crippen molar-refractivity contribution in [3.05, 3.63) is 59.9 Å². The fourth-order valence-electron chi connectivity index (χ4n) is 3.81. The van der Waals surface area contributed by atoms with Gasteiger partial charge in [0.2, 0.25) is 0 Å². The van der Waals surface area contributed by atoms with Gasteiger partial charge in [-0.1, -0.05) is 0 Å². The van der Waals surface area contributed by atoms with E-state index in [1.807, 2.05) is 63.5 Å². The molecule has 0 radical (unpaired) electrons. The van der Waals surface area contributed by atoms with Crippen LogP contribution in [0.2, 0.25) is 0 Å². The van der Waals surface area contributed by atoms with E-state index in [-0.39, 0.29) is 6.04 Å². The number of nitroso groups, excluding NO2 is 1. The molecule has 182 valence electrons. The molecule has 10 heteroatoms. The van der Waals surface area contributed by atoms with Gasteiger partial charge in [0.25, 0.3) is 0 Å². The second-order valence-corrected chi connectivity index (χ2v) is 8.39. The van der Waals surface area contributed by atoms with Crippen LogP contribution in [0.5, 0.6) is 11.5 Å². The zero-order chi connectivity index (χ0) is 24.9. The number of nitrogens with zero attached hydrogens (tertiary/aromatic N) is 7. The van der Waals surface area contributed by atoms with Gasteiger partial charge in [0.1, 0.15) is 11.5 Å². The van der Waals surface area contributed by atoms with Crippen molar-refractivity contribution in [2.75, 3.05) is 32.2 Å². The molecule has 0 bridgehead atoms. The second-order valence-electron chi connectivity index (χ2n) is 8.39. The Kier molecular flexibility index (Phi) is 7.09. The van der Waals surface area contributed by atoms with Crippen molar-refractivity contribution in [3.8, 4) is 22.8 Å². The summed E-state index contributed by atoms with van der Waals surface area (Å²) >= 11 is 0. The van der Waals surface area contributed by atoms with Crippen LogP contribution < -0.4 is 14.4 Å². The van der Waals surface area contributed by atoms with E-state index in [4.69, 9.17) is 14.5 Å². The van der Waals surface area contributed by atoms with Gasteiger partial charge in [0.05, 0.1) is 55.2 Å². The smallest absolute Gasteiger partial charge is 0.124 e. The second kappa shape index (κ2) is 10.4. The summed E-state index contributed by atoms with van der Waals surface area (Å²) in [5.41, 5.74) is 4.91. The molecular weight excluding hydrogens is 446 g/mol. The molecule has 0 aliphatic heterocycles. The highest BCUT2D eigenvalue weighted by Crippen LogP contribution is 2.34. The summed E-state index contributed by atoms with van der Waals surface area (Å²) in [5, 5.41) is 8.94. The summed E-state index contributed by atoms with van der Waals surface area (Å²) in [6.07, 6.45) is 5.42. The van der Waals surface area contributed by atoms with E-state index < -0.39 is 0 Å². The Morgan fingerprint density at radius 3 is 2.31 bits per heavy atom. The number of aryl methyl sites for hydroxylation is 1. The van der Waals surface area contributed by atoms with Crippen molar-refractivity contribution in [3.63, 3.8) is 0 Å². The first kappa shape index (κ1) is 23.9. The molecule has 0 aliphatic rings. The molecule has 0 unspecified atom stereocenters. The van der Waals surface area contributed by atoms with Gasteiger partial charge in [0, 0.05) is 61.0 Å². The summed E-state index contributed by atoms with van der Waals surface area (Å²) in [4.78, 5) is 22.9. The maximum Gasteiger partial charge on any atom is 0.124 e. The molecule has 0 amide bonds. The van der Waals surface area contributed by atoms with Gasteiger partial charge in [0.15, 0.2) is 0 Å². The summed E-state index contributed by atoms with van der Waals surface area (Å²) in [5.74, 6) is 1.33. The van der Waals surface area contributed by atoms with Crippen LogP contribution in [0.1, 0.15) is 13.8 Å². The van der Waals surface area contributed by atoms with Crippen molar-refractivity contribution in [2.24, 2.45) is 12.3 Å².